The van der Waals surface area contributed by atoms with Gasteiger partial charge in [0.2, 0.25) is 0 Å². The van der Waals surface area contributed by atoms with Crippen LogP contribution in [0.4, 0.5) is 0 Å². The van der Waals surface area contributed by atoms with Crippen LogP contribution >= 0.6 is 0 Å². The third-order valence-corrected chi connectivity index (χ3v) is 5.10. The number of aliphatic hydroxyl groups is 1. The first kappa shape index (κ1) is 12.6. The molecule has 3 heterocycles. The Hall–Kier alpha value is -1.10. The minimum Gasteiger partial charge on any atom is -0.491 e. The largest absolute Gasteiger partial charge is 0.491 e. The Morgan fingerprint density at radius 2 is 1.95 bits per heavy atom. The summed E-state index contributed by atoms with van der Waals surface area (Å²) >= 11 is 0. The van der Waals surface area contributed by atoms with Crippen LogP contribution in [-0.2, 0) is 0 Å². The molecule has 0 aromatic heterocycles. The molecule has 108 valence electrons. The number of aliphatic hydroxyl groups excluding tert-OH is 1. The number of rotatable bonds is 1. The van der Waals surface area contributed by atoms with E-state index in [2.05, 4.69) is 9.80 Å². The average molecular weight is 274 g/mol. The summed E-state index contributed by atoms with van der Waals surface area (Å²) in [6.07, 6.45) is 2.20. The first-order valence-corrected chi connectivity index (χ1v) is 7.71. The number of hydrogen-bond acceptors (Lipinski definition) is 4. The van der Waals surface area contributed by atoms with Crippen molar-refractivity contribution >= 4 is 0 Å². The van der Waals surface area contributed by atoms with Crippen LogP contribution < -0.4 is 4.74 Å². The number of benzene rings is 1. The normalized spacial score (nSPS) is 34.4. The molecule has 0 bridgehead atoms. The summed E-state index contributed by atoms with van der Waals surface area (Å²) in [5, 5.41) is 10.7. The summed E-state index contributed by atoms with van der Waals surface area (Å²) in [5.74, 6) is 0.843. The van der Waals surface area contributed by atoms with Gasteiger partial charge in [-0.15, -0.1) is 0 Å². The molecule has 0 spiro atoms. The highest BCUT2D eigenvalue weighted by Gasteiger charge is 2.38. The van der Waals surface area contributed by atoms with Crippen molar-refractivity contribution in [2.75, 3.05) is 32.8 Å². The molecule has 1 N–H and O–H groups in total. The van der Waals surface area contributed by atoms with Crippen LogP contribution in [0.5, 0.6) is 5.75 Å². The third-order valence-electron chi connectivity index (χ3n) is 5.10. The molecule has 4 heteroatoms. The maximum atomic E-state index is 10.7. The standard InChI is InChI=1S/C16H22N2O2/c19-16-13-5-1-2-6-15(13)20-11-14(16)18-9-8-17-7-3-4-12(17)10-18/h1-2,5-6,12,14,16,19H,3-4,7-11H2. The molecular formula is C16H22N2O2. The van der Waals surface area contributed by atoms with Crippen molar-refractivity contribution in [3.8, 4) is 5.75 Å². The van der Waals surface area contributed by atoms with E-state index >= 15 is 0 Å². The number of piperazine rings is 1. The Morgan fingerprint density at radius 1 is 1.10 bits per heavy atom. The van der Waals surface area contributed by atoms with E-state index in [4.69, 9.17) is 4.74 Å². The molecule has 4 nitrogen and oxygen atoms in total. The molecule has 3 aliphatic heterocycles. The van der Waals surface area contributed by atoms with Gasteiger partial charge in [0.05, 0.1) is 6.04 Å². The van der Waals surface area contributed by atoms with E-state index in [1.165, 1.54) is 19.4 Å². The molecule has 3 unspecified atom stereocenters. The highest BCUT2D eigenvalue weighted by molar-refractivity contribution is 5.37. The number of fused-ring (bicyclic) bond motifs is 2. The molecule has 0 amide bonds. The van der Waals surface area contributed by atoms with Crippen LogP contribution in [-0.4, -0.2) is 59.8 Å². The second kappa shape index (κ2) is 5.02. The fraction of sp³-hybridized carbons (Fsp3) is 0.625. The molecular weight excluding hydrogens is 252 g/mol. The zero-order chi connectivity index (χ0) is 13.5. The van der Waals surface area contributed by atoms with Gasteiger partial charge in [0.25, 0.3) is 0 Å². The van der Waals surface area contributed by atoms with E-state index in [1.807, 2.05) is 24.3 Å². The molecule has 1 aromatic rings. The van der Waals surface area contributed by atoms with E-state index in [0.717, 1.165) is 30.9 Å². The Balaban J connectivity index is 1.52. The van der Waals surface area contributed by atoms with Crippen molar-refractivity contribution in [2.24, 2.45) is 0 Å². The maximum Gasteiger partial charge on any atom is 0.125 e. The zero-order valence-electron chi connectivity index (χ0n) is 11.7. The smallest absolute Gasteiger partial charge is 0.125 e. The molecule has 3 atom stereocenters. The van der Waals surface area contributed by atoms with Crippen molar-refractivity contribution in [1.82, 2.24) is 9.80 Å². The van der Waals surface area contributed by atoms with Gasteiger partial charge in [-0.3, -0.25) is 9.80 Å². The van der Waals surface area contributed by atoms with Crippen LogP contribution in [0.3, 0.4) is 0 Å². The van der Waals surface area contributed by atoms with Gasteiger partial charge in [0.15, 0.2) is 0 Å². The van der Waals surface area contributed by atoms with Crippen molar-refractivity contribution in [2.45, 2.75) is 31.0 Å². The maximum absolute atomic E-state index is 10.7. The summed E-state index contributed by atoms with van der Waals surface area (Å²) in [6.45, 7) is 5.11. The van der Waals surface area contributed by atoms with Crippen molar-refractivity contribution in [1.29, 1.82) is 0 Å². The number of nitrogens with zero attached hydrogens (tertiary/aromatic N) is 2. The average Bonchev–Trinajstić information content (AvgIpc) is 2.95. The summed E-state index contributed by atoms with van der Waals surface area (Å²) < 4.78 is 5.86. The van der Waals surface area contributed by atoms with Crippen LogP contribution in [0.25, 0.3) is 0 Å². The molecule has 4 rings (SSSR count). The van der Waals surface area contributed by atoms with Crippen LogP contribution in [0.1, 0.15) is 24.5 Å². The fourth-order valence-electron chi connectivity index (χ4n) is 3.95. The molecule has 3 aliphatic rings. The van der Waals surface area contributed by atoms with Gasteiger partial charge in [-0.1, -0.05) is 18.2 Å². The molecule has 0 radical (unpaired) electrons. The third kappa shape index (κ3) is 2.03. The van der Waals surface area contributed by atoms with Crippen LogP contribution in [0, 0.1) is 0 Å². The highest BCUT2D eigenvalue weighted by atomic mass is 16.5. The lowest BCUT2D eigenvalue weighted by Gasteiger charge is -2.44. The van der Waals surface area contributed by atoms with Gasteiger partial charge in [-0.25, -0.2) is 0 Å². The van der Waals surface area contributed by atoms with E-state index in [0.29, 0.717) is 12.6 Å². The Kier molecular flexibility index (Phi) is 3.17. The molecule has 20 heavy (non-hydrogen) atoms. The summed E-state index contributed by atoms with van der Waals surface area (Å²) in [5.41, 5.74) is 0.942. The molecule has 0 aliphatic carbocycles. The van der Waals surface area contributed by atoms with Crippen molar-refractivity contribution in [3.05, 3.63) is 29.8 Å². The van der Waals surface area contributed by atoms with Crippen molar-refractivity contribution < 1.29 is 9.84 Å². The zero-order valence-corrected chi connectivity index (χ0v) is 11.7. The summed E-state index contributed by atoms with van der Waals surface area (Å²) in [4.78, 5) is 5.04. The lowest BCUT2D eigenvalue weighted by molar-refractivity contribution is -0.0259. The van der Waals surface area contributed by atoms with E-state index in [-0.39, 0.29) is 6.04 Å². The van der Waals surface area contributed by atoms with Gasteiger partial charge in [0.1, 0.15) is 18.5 Å². The van der Waals surface area contributed by atoms with Gasteiger partial charge < -0.3 is 9.84 Å². The first-order valence-electron chi connectivity index (χ1n) is 7.71. The van der Waals surface area contributed by atoms with E-state index < -0.39 is 6.10 Å². The lowest BCUT2D eigenvalue weighted by atomic mass is 9.96. The number of hydrogen-bond donors (Lipinski definition) is 1. The minimum absolute atomic E-state index is 0.104. The monoisotopic (exact) mass is 274 g/mol. The summed E-state index contributed by atoms with van der Waals surface area (Å²) in [6, 6.07) is 8.66. The Labute approximate surface area is 119 Å². The number of para-hydroxylation sites is 1. The quantitative estimate of drug-likeness (QED) is 0.836. The van der Waals surface area contributed by atoms with Crippen molar-refractivity contribution in [3.63, 3.8) is 0 Å². The van der Waals surface area contributed by atoms with Crippen LogP contribution in [0.15, 0.2) is 24.3 Å². The van der Waals surface area contributed by atoms with Gasteiger partial charge in [-0.2, -0.15) is 0 Å². The topological polar surface area (TPSA) is 35.9 Å². The predicted octanol–water partition coefficient (Wildman–Crippen LogP) is 1.26. The van der Waals surface area contributed by atoms with E-state index in [9.17, 15) is 5.11 Å². The minimum atomic E-state index is -0.423. The van der Waals surface area contributed by atoms with E-state index in [1.54, 1.807) is 0 Å². The molecule has 2 saturated heterocycles. The summed E-state index contributed by atoms with van der Waals surface area (Å²) in [7, 11) is 0. The molecule has 2 fully saturated rings. The van der Waals surface area contributed by atoms with Crippen LogP contribution in [0.2, 0.25) is 0 Å². The second-order valence-electron chi connectivity index (χ2n) is 6.19. The Morgan fingerprint density at radius 3 is 2.90 bits per heavy atom. The van der Waals surface area contributed by atoms with Gasteiger partial charge in [0, 0.05) is 31.2 Å². The SMILES string of the molecule is OC1c2ccccc2OCC1N1CCN2CCCC2C1. The molecule has 0 saturated carbocycles. The highest BCUT2D eigenvalue weighted by Crippen LogP contribution is 2.35. The van der Waals surface area contributed by atoms with Gasteiger partial charge >= 0.3 is 0 Å². The fourth-order valence-corrected chi connectivity index (χ4v) is 3.95. The second-order valence-corrected chi connectivity index (χ2v) is 6.19. The predicted molar refractivity (Wildman–Crippen MR) is 76.9 cm³/mol. The molecule has 1 aromatic carbocycles. The van der Waals surface area contributed by atoms with Gasteiger partial charge in [-0.05, 0) is 25.5 Å². The lowest BCUT2D eigenvalue weighted by Crippen LogP contribution is -2.56. The number of ether oxygens (including phenoxy) is 1. The first-order chi connectivity index (χ1) is 9.83. The Bertz CT molecular complexity index is 493.